The second-order valence-corrected chi connectivity index (χ2v) is 17.9. The first-order valence-corrected chi connectivity index (χ1v) is 21.0. The van der Waals surface area contributed by atoms with Crippen LogP contribution in [-0.2, 0) is 49.5 Å². The van der Waals surface area contributed by atoms with Gasteiger partial charge in [0, 0.05) is 52.4 Å². The Balaban J connectivity index is 1.40. The number of ether oxygens (including phenoxy) is 1. The summed E-state index contributed by atoms with van der Waals surface area (Å²) in [7, 11) is -4.43. The predicted octanol–water partition coefficient (Wildman–Crippen LogP) is 6.72. The molecule has 5 N–H and O–H groups in total. The lowest BCUT2D eigenvalue weighted by atomic mass is 9.81. The molecule has 316 valence electrons. The largest absolute Gasteiger partial charge is 0.442 e. The predicted molar refractivity (Wildman–Crippen MR) is 219 cm³/mol. The number of benzene rings is 2. The molecule has 0 spiro atoms. The Kier molecular flexibility index (Phi) is 15.5. The number of allylic oxidation sites excluding steroid dienone is 6. The lowest BCUT2D eigenvalue weighted by Crippen LogP contribution is -2.44. The quantitative estimate of drug-likeness (QED) is 0.0214. The number of carbonyl (C=O) groups excluding carboxylic acids is 3. The molecule has 0 saturated heterocycles. The smallest absolute Gasteiger partial charge is 0.431 e. The Hall–Kier alpha value is -4.56. The fourth-order valence-electron chi connectivity index (χ4n) is 6.94. The highest BCUT2D eigenvalue weighted by molar-refractivity contribution is 7.94. The number of anilines is 1. The third kappa shape index (κ3) is 11.8. The zero-order valence-electron chi connectivity index (χ0n) is 34.1. The summed E-state index contributed by atoms with van der Waals surface area (Å²) in [6.45, 7) is 16.2. The number of nitrogens with one attached hydrogen (secondary N) is 3. The van der Waals surface area contributed by atoms with Crippen LogP contribution < -0.4 is 21.2 Å². The van der Waals surface area contributed by atoms with E-state index in [0.717, 1.165) is 57.4 Å². The Bertz CT molecular complexity index is 2090. The van der Waals surface area contributed by atoms with Gasteiger partial charge in [0.25, 0.3) is 16.0 Å². The van der Waals surface area contributed by atoms with Crippen LogP contribution in [0, 0.1) is 0 Å². The van der Waals surface area contributed by atoms with Crippen LogP contribution in [-0.4, -0.2) is 71.7 Å². The molecule has 2 aromatic carbocycles. The Morgan fingerprint density at radius 3 is 2.33 bits per heavy atom. The van der Waals surface area contributed by atoms with Gasteiger partial charge in [-0.05, 0) is 96.4 Å². The zero-order valence-corrected chi connectivity index (χ0v) is 35.7. The van der Waals surface area contributed by atoms with E-state index in [1.165, 1.54) is 12.1 Å². The van der Waals surface area contributed by atoms with Gasteiger partial charge in [0.05, 0.1) is 22.4 Å². The van der Waals surface area contributed by atoms with E-state index >= 15 is 0 Å². The zero-order chi connectivity index (χ0) is 42.9. The summed E-state index contributed by atoms with van der Waals surface area (Å²) in [4.78, 5) is 43.5. The number of hydrogen-bond donors (Lipinski definition) is 5. The first-order valence-electron chi connectivity index (χ1n) is 18.8. The Labute approximate surface area is 344 Å². The molecule has 0 aromatic heterocycles. The monoisotopic (exact) mass is 844 g/mol. The molecule has 0 bridgehead atoms. The fourth-order valence-corrected chi connectivity index (χ4v) is 7.85. The number of nitrogens with zero attached hydrogens (tertiary/aromatic N) is 2. The normalized spacial score (nSPS) is 16.6. The highest BCUT2D eigenvalue weighted by atomic mass is 32.2. The van der Waals surface area contributed by atoms with E-state index in [4.69, 9.17) is 14.8 Å². The summed E-state index contributed by atoms with van der Waals surface area (Å²) in [5.41, 5.74) is 10.7. The van der Waals surface area contributed by atoms with Crippen molar-refractivity contribution in [3.05, 3.63) is 83.6 Å². The number of carbonyl (C=O) groups is 3. The van der Waals surface area contributed by atoms with Gasteiger partial charge in [0.1, 0.15) is 12.1 Å². The van der Waals surface area contributed by atoms with Crippen LogP contribution in [0.5, 0.6) is 0 Å². The molecule has 2 aliphatic heterocycles. The molecule has 4 rings (SSSR count). The van der Waals surface area contributed by atoms with Gasteiger partial charge in [-0.1, -0.05) is 43.5 Å². The highest BCUT2D eigenvalue weighted by Gasteiger charge is 2.44. The van der Waals surface area contributed by atoms with Crippen molar-refractivity contribution in [2.24, 2.45) is 0 Å². The number of unbranched alkanes of at least 4 members (excludes halogenated alkanes) is 2. The maximum Gasteiger partial charge on any atom is 0.431 e. The molecule has 2 aromatic rings. The van der Waals surface area contributed by atoms with Crippen molar-refractivity contribution in [3.63, 3.8) is 0 Å². The number of fused-ring (bicyclic) bond motifs is 2. The fraction of sp³-hybridized carbons (Fsp3) is 0.450. The summed E-state index contributed by atoms with van der Waals surface area (Å²) in [5, 5.41) is 12.4. The summed E-state index contributed by atoms with van der Waals surface area (Å²) >= 11 is 0.919. The van der Waals surface area contributed by atoms with Crippen LogP contribution in [0.25, 0.3) is 0 Å². The van der Waals surface area contributed by atoms with Gasteiger partial charge in [0.2, 0.25) is 11.6 Å². The van der Waals surface area contributed by atoms with Crippen LogP contribution in [0.2, 0.25) is 0 Å². The van der Waals surface area contributed by atoms with E-state index in [1.54, 1.807) is 26.8 Å². The van der Waals surface area contributed by atoms with Crippen LogP contribution in [0.3, 0.4) is 0 Å². The molecule has 3 amide bonds. The van der Waals surface area contributed by atoms with Crippen molar-refractivity contribution in [2.75, 3.05) is 24.6 Å². The average Bonchev–Trinajstić information content (AvgIpc) is 3.49. The molecule has 2 heterocycles. The van der Waals surface area contributed by atoms with Gasteiger partial charge in [-0.25, -0.2) is 10.1 Å². The van der Waals surface area contributed by atoms with Crippen molar-refractivity contribution in [2.45, 2.75) is 107 Å². The third-order valence-corrected chi connectivity index (χ3v) is 11.0. The molecular formula is C40H54N5O11S2+. The van der Waals surface area contributed by atoms with Gasteiger partial charge < -0.3 is 9.64 Å². The first kappa shape index (κ1) is 46.1. The van der Waals surface area contributed by atoms with Gasteiger partial charge in [-0.3, -0.25) is 29.8 Å². The van der Waals surface area contributed by atoms with E-state index in [0.29, 0.717) is 25.8 Å². The van der Waals surface area contributed by atoms with E-state index in [1.807, 2.05) is 61.8 Å². The van der Waals surface area contributed by atoms with Crippen molar-refractivity contribution in [3.8, 4) is 0 Å². The minimum absolute atomic E-state index is 0.151. The molecule has 16 nitrogen and oxygen atoms in total. The van der Waals surface area contributed by atoms with Gasteiger partial charge in [0.15, 0.2) is 12.3 Å². The van der Waals surface area contributed by atoms with Crippen LogP contribution in [0.1, 0.15) is 92.2 Å². The van der Waals surface area contributed by atoms with Gasteiger partial charge in [-0.15, -0.1) is 4.33 Å². The second kappa shape index (κ2) is 19.5. The molecule has 18 heteroatoms. The van der Waals surface area contributed by atoms with Crippen LogP contribution in [0.15, 0.2) is 82.3 Å². The number of hydroxylamine groups is 1. The van der Waals surface area contributed by atoms with Crippen molar-refractivity contribution < 1.29 is 56.1 Å². The molecule has 0 saturated carbocycles. The molecule has 0 aliphatic carbocycles. The lowest BCUT2D eigenvalue weighted by Gasteiger charge is -2.27. The lowest BCUT2D eigenvalue weighted by molar-refractivity contribution is -0.433. The standard InChI is InChI=1S/C40H53N5O11S2/c1-9-44-31-21-19-27(57-56-55-49)24-29(31)39(5,6)33(44)16-12-10-13-17-34-40(7,8)30-25-28(58(50,51)52)20-22-32(30)45(34)23-15-11-14-18-35(46)41-42-36(47)26-53-43-37(48)54-38(2,3)4/h10,12-13,16-17,19-22,24-25H,9,11,14-15,18,23,26H2,1-8H3,(H4-,41,42,43,46,47,48,49,50,51,52)/p+1. The van der Waals surface area contributed by atoms with Gasteiger partial charge in [-0.2, -0.15) is 18.5 Å². The SMILES string of the molecule is CC[N+]1=C(/C=C/C=C/C=C2/N(CCCCCC(=O)NNC(=O)CONC(=O)OC(C)(C)C)c3ccc(S(=O)(=O)O)cc3C2(C)C)C(C)(C)c2cc(SOOO)ccc21. The molecule has 0 atom stereocenters. The van der Waals surface area contributed by atoms with E-state index in [-0.39, 0.29) is 16.7 Å². The summed E-state index contributed by atoms with van der Waals surface area (Å²) in [6.07, 6.45) is 11.2. The number of hydrazine groups is 1. The van der Waals surface area contributed by atoms with Crippen LogP contribution in [0.4, 0.5) is 16.2 Å². The average molecular weight is 845 g/mol. The first-order chi connectivity index (χ1) is 27.2. The summed E-state index contributed by atoms with van der Waals surface area (Å²) < 4.78 is 45.9. The maximum absolute atomic E-state index is 12.4. The van der Waals surface area contributed by atoms with Crippen molar-refractivity contribution in [1.29, 1.82) is 0 Å². The van der Waals surface area contributed by atoms with Gasteiger partial charge >= 0.3 is 6.09 Å². The summed E-state index contributed by atoms with van der Waals surface area (Å²) in [6, 6.07) is 10.6. The molecule has 0 fully saturated rings. The van der Waals surface area contributed by atoms with Crippen molar-refractivity contribution >= 4 is 57.2 Å². The Morgan fingerprint density at radius 2 is 1.66 bits per heavy atom. The molecular weight excluding hydrogens is 791 g/mol. The van der Waals surface area contributed by atoms with E-state index in [2.05, 4.69) is 56.5 Å². The van der Waals surface area contributed by atoms with E-state index < -0.39 is 45.6 Å². The second-order valence-electron chi connectivity index (χ2n) is 15.7. The van der Waals surface area contributed by atoms with E-state index in [9.17, 15) is 27.4 Å². The molecule has 0 radical (unpaired) electrons. The number of amides is 3. The Morgan fingerprint density at radius 1 is 0.931 bits per heavy atom. The third-order valence-electron chi connectivity index (χ3n) is 9.62. The number of rotatable bonds is 17. The molecule has 0 unspecified atom stereocenters. The molecule has 2 aliphatic rings. The number of hydrogen-bond acceptors (Lipinski definition) is 12. The summed E-state index contributed by atoms with van der Waals surface area (Å²) in [5.74, 6) is -1.07. The minimum atomic E-state index is -4.43. The highest BCUT2D eigenvalue weighted by Crippen LogP contribution is 2.48. The topological polar surface area (TPSA) is 205 Å². The van der Waals surface area contributed by atoms with Crippen LogP contribution >= 0.6 is 12.0 Å². The maximum atomic E-state index is 12.4. The minimum Gasteiger partial charge on any atom is -0.442 e. The van der Waals surface area contributed by atoms with Crippen molar-refractivity contribution in [1.82, 2.24) is 16.3 Å². The molecule has 58 heavy (non-hydrogen) atoms.